The topological polar surface area (TPSA) is 114 Å². The Hall–Kier alpha value is -3.83. The van der Waals surface area contributed by atoms with Gasteiger partial charge in [0.25, 0.3) is 15.9 Å². The molecule has 3 rings (SSSR count). The molecule has 0 heterocycles. The van der Waals surface area contributed by atoms with Crippen LogP contribution in [0.5, 0.6) is 5.75 Å². The number of hydrazone groups is 1. The minimum Gasteiger partial charge on any atom is -0.482 e. The number of benzene rings is 3. The van der Waals surface area contributed by atoms with Crippen LogP contribution in [0.25, 0.3) is 0 Å². The monoisotopic (exact) mass is 583 g/mol. The molecule has 0 aliphatic carbocycles. The predicted octanol–water partition coefficient (Wildman–Crippen LogP) is 4.78. The molecule has 0 aliphatic heterocycles. The first-order valence-electron chi connectivity index (χ1n) is 12.4. The molecule has 0 spiro atoms. The lowest BCUT2D eigenvalue weighted by Crippen LogP contribution is -2.39. The van der Waals surface area contributed by atoms with E-state index >= 15 is 0 Å². The lowest BCUT2D eigenvalue weighted by atomic mass is 10.2. The molecule has 0 aromatic heterocycles. The minimum atomic E-state index is -4.03. The first-order chi connectivity index (χ1) is 18.9. The van der Waals surface area contributed by atoms with Crippen LogP contribution >= 0.6 is 11.8 Å². The number of anilines is 1. The second-order valence-corrected chi connectivity index (χ2v) is 12.5. The van der Waals surface area contributed by atoms with Gasteiger partial charge in [-0.1, -0.05) is 17.7 Å². The van der Waals surface area contributed by atoms with Crippen molar-refractivity contribution in [3.8, 4) is 5.75 Å². The summed E-state index contributed by atoms with van der Waals surface area (Å²) in [6.45, 7) is 6.54. The molecule has 3 aromatic rings. The molecular formula is C29H33N3O6S2. The summed E-state index contributed by atoms with van der Waals surface area (Å²) in [7, 11) is -4.03. The molecule has 0 aliphatic rings. The summed E-state index contributed by atoms with van der Waals surface area (Å²) in [6, 6.07) is 20.1. The fraction of sp³-hybridized carbons (Fsp3) is 0.276. The van der Waals surface area contributed by atoms with E-state index < -0.39 is 34.0 Å². The van der Waals surface area contributed by atoms with E-state index in [1.165, 1.54) is 30.1 Å². The summed E-state index contributed by atoms with van der Waals surface area (Å²) < 4.78 is 38.7. The number of carbonyl (C=O) groups excluding carboxylic acids is 2. The molecule has 0 saturated heterocycles. The Morgan fingerprint density at radius 2 is 1.60 bits per heavy atom. The van der Waals surface area contributed by atoms with E-state index in [2.05, 4.69) is 10.5 Å². The lowest BCUT2D eigenvalue weighted by Gasteiger charge is -2.24. The third-order valence-electron chi connectivity index (χ3n) is 5.32. The molecule has 3 aromatic carbocycles. The summed E-state index contributed by atoms with van der Waals surface area (Å²) in [5.74, 6) is -0.616. The van der Waals surface area contributed by atoms with E-state index in [4.69, 9.17) is 9.47 Å². The molecular weight excluding hydrogens is 550 g/mol. The summed E-state index contributed by atoms with van der Waals surface area (Å²) in [6.07, 6.45) is 3.32. The van der Waals surface area contributed by atoms with Gasteiger partial charge in [-0.15, -0.1) is 11.8 Å². The molecule has 1 N–H and O–H groups in total. The Kier molecular flexibility index (Phi) is 10.4. The Morgan fingerprint density at radius 3 is 2.17 bits per heavy atom. The maximum atomic E-state index is 13.5. The summed E-state index contributed by atoms with van der Waals surface area (Å²) in [4.78, 5) is 25.6. The maximum absolute atomic E-state index is 13.5. The predicted molar refractivity (Wildman–Crippen MR) is 157 cm³/mol. The van der Waals surface area contributed by atoms with Crippen LogP contribution in [0.4, 0.5) is 5.69 Å². The van der Waals surface area contributed by atoms with Gasteiger partial charge in [0.15, 0.2) is 6.61 Å². The van der Waals surface area contributed by atoms with Crippen molar-refractivity contribution in [2.45, 2.75) is 43.1 Å². The van der Waals surface area contributed by atoms with Gasteiger partial charge in [0.2, 0.25) is 0 Å². The fourth-order valence-corrected chi connectivity index (χ4v) is 5.24. The molecule has 11 heteroatoms. The zero-order valence-corrected chi connectivity index (χ0v) is 24.7. The van der Waals surface area contributed by atoms with Crippen molar-refractivity contribution in [2.24, 2.45) is 5.10 Å². The minimum absolute atomic E-state index is 0.0798. The number of esters is 1. The quantitative estimate of drug-likeness (QED) is 0.150. The molecule has 0 saturated carbocycles. The van der Waals surface area contributed by atoms with E-state index in [0.717, 1.165) is 14.8 Å². The average Bonchev–Trinajstić information content (AvgIpc) is 2.91. The highest BCUT2D eigenvalue weighted by Gasteiger charge is 2.27. The Labute approximate surface area is 239 Å². The molecule has 1 amide bonds. The SMILES string of the molecule is CSc1ccc(S(=O)(=O)N(CC(=O)N/N=C\c2ccc(OCC(=O)OC(C)(C)C)cc2)c2ccc(C)cc2)cc1. The molecule has 0 atom stereocenters. The number of rotatable bonds is 11. The van der Waals surface area contributed by atoms with Crippen molar-refractivity contribution in [2.75, 3.05) is 23.7 Å². The highest BCUT2D eigenvalue weighted by atomic mass is 32.2. The van der Waals surface area contributed by atoms with Gasteiger partial charge < -0.3 is 9.47 Å². The number of sulfonamides is 1. The fourth-order valence-electron chi connectivity index (χ4n) is 3.41. The van der Waals surface area contributed by atoms with Crippen LogP contribution in [0.15, 0.2) is 87.7 Å². The Morgan fingerprint density at radius 1 is 0.975 bits per heavy atom. The van der Waals surface area contributed by atoms with Gasteiger partial charge in [0.1, 0.15) is 17.9 Å². The van der Waals surface area contributed by atoms with Crippen molar-refractivity contribution in [3.05, 3.63) is 83.9 Å². The Bertz CT molecular complexity index is 1430. The highest BCUT2D eigenvalue weighted by molar-refractivity contribution is 7.98. The van der Waals surface area contributed by atoms with Crippen molar-refractivity contribution in [1.29, 1.82) is 0 Å². The summed E-state index contributed by atoms with van der Waals surface area (Å²) in [5.41, 5.74) is 3.77. The van der Waals surface area contributed by atoms with Gasteiger partial charge in [0.05, 0.1) is 16.8 Å². The highest BCUT2D eigenvalue weighted by Crippen LogP contribution is 2.25. The van der Waals surface area contributed by atoms with Crippen LogP contribution in [-0.2, 0) is 24.3 Å². The Balaban J connectivity index is 1.65. The van der Waals surface area contributed by atoms with E-state index in [-0.39, 0.29) is 11.5 Å². The average molecular weight is 584 g/mol. The van der Waals surface area contributed by atoms with Crippen molar-refractivity contribution in [3.63, 3.8) is 0 Å². The van der Waals surface area contributed by atoms with Crippen LogP contribution in [0, 0.1) is 6.92 Å². The molecule has 40 heavy (non-hydrogen) atoms. The zero-order valence-electron chi connectivity index (χ0n) is 23.1. The van der Waals surface area contributed by atoms with Gasteiger partial charge in [0, 0.05) is 4.90 Å². The maximum Gasteiger partial charge on any atom is 0.344 e. The van der Waals surface area contributed by atoms with Gasteiger partial charge in [-0.2, -0.15) is 5.10 Å². The van der Waals surface area contributed by atoms with Gasteiger partial charge in [-0.25, -0.2) is 18.6 Å². The molecule has 0 fully saturated rings. The number of carbonyl (C=O) groups is 2. The van der Waals surface area contributed by atoms with Crippen LogP contribution in [0.2, 0.25) is 0 Å². The number of ether oxygens (including phenoxy) is 2. The van der Waals surface area contributed by atoms with Gasteiger partial charge >= 0.3 is 5.97 Å². The van der Waals surface area contributed by atoms with Gasteiger partial charge in [-0.3, -0.25) is 9.10 Å². The number of amides is 1. The summed E-state index contributed by atoms with van der Waals surface area (Å²) in [5, 5.41) is 3.96. The second kappa shape index (κ2) is 13.5. The number of aryl methyl sites for hydroxylation is 1. The standard InChI is InChI=1S/C29H33N3O6S2/c1-21-6-10-23(11-7-21)32(40(35,36)26-16-14-25(39-5)15-17-26)19-27(33)31-30-18-22-8-12-24(13-9-22)37-20-28(34)38-29(2,3)4/h6-18H,19-20H2,1-5H3,(H,31,33)/b30-18-. The van der Waals surface area contributed by atoms with Crippen molar-refractivity contribution < 1.29 is 27.5 Å². The van der Waals surface area contributed by atoms with Crippen LogP contribution < -0.4 is 14.5 Å². The largest absolute Gasteiger partial charge is 0.482 e. The second-order valence-electron chi connectivity index (χ2n) is 9.76. The number of nitrogens with zero attached hydrogens (tertiary/aromatic N) is 2. The van der Waals surface area contributed by atoms with E-state index in [1.54, 1.807) is 81.4 Å². The molecule has 0 bridgehead atoms. The van der Waals surface area contributed by atoms with Crippen LogP contribution in [0.1, 0.15) is 31.9 Å². The number of thioether (sulfide) groups is 1. The molecule has 212 valence electrons. The van der Waals surface area contributed by atoms with Crippen LogP contribution in [0.3, 0.4) is 0 Å². The number of hydrogen-bond acceptors (Lipinski definition) is 8. The van der Waals surface area contributed by atoms with Crippen molar-refractivity contribution in [1.82, 2.24) is 5.43 Å². The lowest BCUT2D eigenvalue weighted by molar-refractivity contribution is -0.157. The van der Waals surface area contributed by atoms with Crippen molar-refractivity contribution >= 4 is 45.6 Å². The van der Waals surface area contributed by atoms with Gasteiger partial charge in [-0.05, 0) is 100 Å². The number of hydrogen-bond donors (Lipinski definition) is 1. The molecule has 0 unspecified atom stereocenters. The normalized spacial score (nSPS) is 11.7. The van der Waals surface area contributed by atoms with E-state index in [1.807, 2.05) is 13.2 Å². The first kappa shape index (κ1) is 30.7. The third kappa shape index (κ3) is 9.13. The summed E-state index contributed by atoms with van der Waals surface area (Å²) >= 11 is 1.50. The first-order valence-corrected chi connectivity index (χ1v) is 15.0. The number of nitrogens with one attached hydrogen (secondary N) is 1. The molecule has 9 nitrogen and oxygen atoms in total. The van der Waals surface area contributed by atoms with E-state index in [9.17, 15) is 18.0 Å². The van der Waals surface area contributed by atoms with E-state index in [0.29, 0.717) is 17.0 Å². The zero-order chi connectivity index (χ0) is 29.3. The third-order valence-corrected chi connectivity index (χ3v) is 7.85. The smallest absolute Gasteiger partial charge is 0.344 e. The molecule has 0 radical (unpaired) electrons. The van der Waals surface area contributed by atoms with Crippen LogP contribution in [-0.4, -0.2) is 51.5 Å².